The highest BCUT2D eigenvalue weighted by atomic mass is 32.4. The Morgan fingerprint density at radius 1 is 0.455 bits per heavy atom. The molecule has 0 aromatic carbocycles. The minimum Gasteiger partial charge on any atom is -0.0975 e. The van der Waals surface area contributed by atoms with Gasteiger partial charge in [-0.25, -0.2) is 0 Å². The molecule has 0 radical (unpaired) electrons. The van der Waals surface area contributed by atoms with E-state index in [0.29, 0.717) is 0 Å². The lowest BCUT2D eigenvalue weighted by molar-refractivity contribution is 0.625. The van der Waals surface area contributed by atoms with Gasteiger partial charge in [-0.3, -0.25) is 0 Å². The molecule has 0 aromatic heterocycles. The van der Waals surface area contributed by atoms with E-state index in [1.54, 1.807) is 0 Å². The summed E-state index contributed by atoms with van der Waals surface area (Å²) in [5, 5.41) is 0. The zero-order chi connectivity index (χ0) is 16.5. The van der Waals surface area contributed by atoms with Gasteiger partial charge in [0, 0.05) is 0 Å². The first-order valence-corrected chi connectivity index (χ1v) is 13.6. The SMILES string of the molecule is CCCCCCCCP(=S)(CCCCCC)CCCCCC. The van der Waals surface area contributed by atoms with Gasteiger partial charge in [0.05, 0.1) is 0 Å². The second kappa shape index (κ2) is 16.5. The van der Waals surface area contributed by atoms with Crippen LogP contribution in [-0.2, 0) is 11.8 Å². The van der Waals surface area contributed by atoms with Crippen LogP contribution in [0.4, 0.5) is 0 Å². The van der Waals surface area contributed by atoms with Crippen molar-refractivity contribution in [1.29, 1.82) is 0 Å². The van der Waals surface area contributed by atoms with Crippen molar-refractivity contribution >= 4 is 17.8 Å². The Morgan fingerprint density at radius 2 is 0.727 bits per heavy atom. The van der Waals surface area contributed by atoms with Crippen LogP contribution in [0.3, 0.4) is 0 Å². The third-order valence-corrected chi connectivity index (χ3v) is 9.79. The summed E-state index contributed by atoms with van der Waals surface area (Å²) in [6, 6.07) is -1.02. The van der Waals surface area contributed by atoms with Crippen LogP contribution in [0.15, 0.2) is 0 Å². The third-order valence-electron chi connectivity index (χ3n) is 4.76. The van der Waals surface area contributed by atoms with Gasteiger partial charge in [0.2, 0.25) is 0 Å². The standard InChI is InChI=1S/C20H43PS/c1-4-7-10-13-14-17-20-21(22,18-15-11-8-5-2)19-16-12-9-6-3/h4-20H2,1-3H3. The molecule has 0 heterocycles. The summed E-state index contributed by atoms with van der Waals surface area (Å²) in [5.41, 5.74) is 0. The minimum atomic E-state index is -1.02. The molecule has 0 bridgehead atoms. The van der Waals surface area contributed by atoms with Crippen molar-refractivity contribution < 1.29 is 0 Å². The van der Waals surface area contributed by atoms with Crippen LogP contribution >= 0.6 is 6.04 Å². The molecule has 0 aliphatic heterocycles. The highest BCUT2D eigenvalue weighted by Gasteiger charge is 2.15. The predicted octanol–water partition coefficient (Wildman–Crippen LogP) is 7.99. The summed E-state index contributed by atoms with van der Waals surface area (Å²) in [4.78, 5) is 0. The van der Waals surface area contributed by atoms with E-state index in [4.69, 9.17) is 11.8 Å². The van der Waals surface area contributed by atoms with E-state index in [-0.39, 0.29) is 0 Å². The topological polar surface area (TPSA) is 0 Å². The second-order valence-electron chi connectivity index (χ2n) is 7.12. The van der Waals surface area contributed by atoms with Gasteiger partial charge in [0.25, 0.3) is 0 Å². The normalized spacial score (nSPS) is 12.0. The Labute approximate surface area is 147 Å². The minimum absolute atomic E-state index is 1.02. The number of hydrogen-bond acceptors (Lipinski definition) is 1. The largest absolute Gasteiger partial charge is 0.0975 e. The Morgan fingerprint density at radius 3 is 1.09 bits per heavy atom. The Balaban J connectivity index is 3.99. The van der Waals surface area contributed by atoms with E-state index in [1.165, 1.54) is 108 Å². The van der Waals surface area contributed by atoms with Gasteiger partial charge in [-0.05, 0) is 43.8 Å². The summed E-state index contributed by atoms with van der Waals surface area (Å²) < 4.78 is 0. The molecule has 0 aromatic rings. The number of hydrogen-bond donors (Lipinski definition) is 0. The van der Waals surface area contributed by atoms with Crippen LogP contribution in [-0.4, -0.2) is 18.5 Å². The fraction of sp³-hybridized carbons (Fsp3) is 1.00. The fourth-order valence-corrected chi connectivity index (χ4v) is 7.40. The lowest BCUT2D eigenvalue weighted by Gasteiger charge is -2.22. The molecule has 2 heteroatoms. The average Bonchev–Trinajstić information content (AvgIpc) is 2.52. The maximum absolute atomic E-state index is 6.21. The highest BCUT2D eigenvalue weighted by Crippen LogP contribution is 2.49. The molecule has 0 N–H and O–H groups in total. The predicted molar refractivity (Wildman–Crippen MR) is 111 cm³/mol. The van der Waals surface area contributed by atoms with Crippen LogP contribution in [0, 0.1) is 0 Å². The molecule has 0 nitrogen and oxygen atoms in total. The lowest BCUT2D eigenvalue weighted by atomic mass is 10.1. The van der Waals surface area contributed by atoms with Crippen molar-refractivity contribution in [3.63, 3.8) is 0 Å². The molecule has 0 amide bonds. The summed E-state index contributed by atoms with van der Waals surface area (Å²) in [6.07, 6.45) is 23.9. The molecular weight excluding hydrogens is 303 g/mol. The molecule has 0 spiro atoms. The van der Waals surface area contributed by atoms with Crippen molar-refractivity contribution in [2.75, 3.05) is 18.5 Å². The maximum Gasteiger partial charge on any atom is -0.0235 e. The molecule has 0 aliphatic carbocycles. The van der Waals surface area contributed by atoms with Gasteiger partial charge >= 0.3 is 0 Å². The van der Waals surface area contributed by atoms with Gasteiger partial charge in [-0.1, -0.05) is 103 Å². The summed E-state index contributed by atoms with van der Waals surface area (Å²) in [7, 11) is 0. The second-order valence-corrected chi connectivity index (χ2v) is 12.9. The van der Waals surface area contributed by atoms with E-state index in [2.05, 4.69) is 20.8 Å². The maximum atomic E-state index is 6.21. The molecular formula is C20H43PS. The van der Waals surface area contributed by atoms with Crippen molar-refractivity contribution in [3.8, 4) is 0 Å². The van der Waals surface area contributed by atoms with Gasteiger partial charge in [-0.2, -0.15) is 0 Å². The highest BCUT2D eigenvalue weighted by molar-refractivity contribution is 8.14. The van der Waals surface area contributed by atoms with E-state index in [1.807, 2.05) is 0 Å². The summed E-state index contributed by atoms with van der Waals surface area (Å²) >= 11 is 6.21. The molecule has 134 valence electrons. The quantitative estimate of drug-likeness (QED) is 0.190. The first-order valence-electron chi connectivity index (χ1n) is 10.3. The van der Waals surface area contributed by atoms with Gasteiger partial charge in [0.15, 0.2) is 0 Å². The van der Waals surface area contributed by atoms with E-state index in [0.717, 1.165) is 0 Å². The van der Waals surface area contributed by atoms with Crippen LogP contribution < -0.4 is 0 Å². The zero-order valence-corrected chi connectivity index (χ0v) is 17.6. The van der Waals surface area contributed by atoms with Gasteiger partial charge in [0.1, 0.15) is 0 Å². The molecule has 0 atom stereocenters. The molecule has 0 rings (SSSR count). The van der Waals surface area contributed by atoms with Crippen molar-refractivity contribution in [1.82, 2.24) is 0 Å². The van der Waals surface area contributed by atoms with Gasteiger partial charge < -0.3 is 0 Å². The lowest BCUT2D eigenvalue weighted by Crippen LogP contribution is -2.01. The fourth-order valence-electron chi connectivity index (χ4n) is 3.17. The van der Waals surface area contributed by atoms with Gasteiger partial charge in [-0.15, -0.1) is 0 Å². The molecule has 0 saturated heterocycles. The number of unbranched alkanes of at least 4 members (excludes halogenated alkanes) is 11. The first-order chi connectivity index (χ1) is 10.7. The summed E-state index contributed by atoms with van der Waals surface area (Å²) in [5.74, 6) is 0. The monoisotopic (exact) mass is 346 g/mol. The smallest absolute Gasteiger partial charge is 0.0235 e. The zero-order valence-electron chi connectivity index (χ0n) is 15.9. The summed E-state index contributed by atoms with van der Waals surface area (Å²) in [6.45, 7) is 6.90. The Bertz CT molecular complexity index is 246. The van der Waals surface area contributed by atoms with Crippen LogP contribution in [0.25, 0.3) is 0 Å². The van der Waals surface area contributed by atoms with Crippen LogP contribution in [0.5, 0.6) is 0 Å². The average molecular weight is 347 g/mol. The molecule has 22 heavy (non-hydrogen) atoms. The number of rotatable bonds is 17. The van der Waals surface area contributed by atoms with E-state index in [9.17, 15) is 0 Å². The Hall–Kier alpha value is 0.650. The van der Waals surface area contributed by atoms with Crippen molar-refractivity contribution in [2.24, 2.45) is 0 Å². The third kappa shape index (κ3) is 14.3. The molecule has 0 fully saturated rings. The first kappa shape index (κ1) is 22.6. The van der Waals surface area contributed by atoms with Crippen molar-refractivity contribution in [2.45, 2.75) is 111 Å². The molecule has 0 unspecified atom stereocenters. The molecule has 0 saturated carbocycles. The van der Waals surface area contributed by atoms with E-state index >= 15 is 0 Å². The van der Waals surface area contributed by atoms with E-state index < -0.39 is 6.04 Å². The van der Waals surface area contributed by atoms with Crippen molar-refractivity contribution in [3.05, 3.63) is 0 Å². The van der Waals surface area contributed by atoms with Crippen LogP contribution in [0.1, 0.15) is 111 Å². The Kier molecular flexibility index (Phi) is 17.0. The van der Waals surface area contributed by atoms with Crippen LogP contribution in [0.2, 0.25) is 0 Å². The molecule has 0 aliphatic rings.